The molecule has 7 aromatic rings. The number of phenols is 4. The summed E-state index contributed by atoms with van der Waals surface area (Å²) in [5, 5.41) is 60.9. The second kappa shape index (κ2) is 15.7. The van der Waals surface area contributed by atoms with Gasteiger partial charge in [0.05, 0.1) is 0 Å². The van der Waals surface area contributed by atoms with Gasteiger partial charge in [-0.1, -0.05) is 42.5 Å². The number of phenolic OH excluding ortho intramolecular Hbond substituents is 4. The molecular formula is C39H27N5O14S3. The third-order valence-corrected chi connectivity index (χ3v) is 11.6. The normalized spacial score (nSPS) is 12.4. The largest absolute Gasteiger partial charge is 0.506 e. The van der Waals surface area contributed by atoms with E-state index in [-0.39, 0.29) is 44.3 Å². The summed E-state index contributed by atoms with van der Waals surface area (Å²) in [7, 11) is -15.1. The van der Waals surface area contributed by atoms with Gasteiger partial charge >= 0.3 is 0 Å². The molecule has 0 unspecified atom stereocenters. The first-order valence-electron chi connectivity index (χ1n) is 17.1. The van der Waals surface area contributed by atoms with Crippen LogP contribution in [0.15, 0.2) is 150 Å². The van der Waals surface area contributed by atoms with Crippen LogP contribution in [0, 0.1) is 0 Å². The van der Waals surface area contributed by atoms with E-state index in [0.717, 1.165) is 30.3 Å². The molecule has 0 radical (unpaired) electrons. The van der Waals surface area contributed by atoms with Gasteiger partial charge in [-0.2, -0.15) is 25.3 Å². The summed E-state index contributed by atoms with van der Waals surface area (Å²) in [5.74, 6) is -3.28. The van der Waals surface area contributed by atoms with Crippen LogP contribution in [0.2, 0.25) is 0 Å². The lowest BCUT2D eigenvalue weighted by Crippen LogP contribution is -2.11. The number of azo groups is 2. The molecule has 0 aliphatic heterocycles. The fourth-order valence-electron chi connectivity index (χ4n) is 6.17. The Kier molecular flexibility index (Phi) is 10.7. The van der Waals surface area contributed by atoms with Crippen molar-refractivity contribution in [3.05, 3.63) is 121 Å². The van der Waals surface area contributed by atoms with Crippen molar-refractivity contribution in [2.75, 3.05) is 5.32 Å². The standard InChI is InChI=1S/C39H27N5O14S3/c45-29-16-21(22-10-14-28(30(46)17-22)42-44-36-32(60(53,54)55)18-23-7-4-8-31(59(50,51)52)34(23)38(36)48)9-13-27(29)41-43-35-33(61(56,57)58)19-24-15-25(11-12-26(24)37(35)47)40-39(49)20-5-2-1-3-6-20/h1-19,45-48H,(H,40,49)(H,50,51,52)(H,53,54,55)(H,56,57,58). The average Bonchev–Trinajstić information content (AvgIpc) is 3.19. The number of nitrogens with zero attached hydrogens (tertiary/aromatic N) is 4. The Bertz CT molecular complexity index is 3380. The molecule has 0 fully saturated rings. The van der Waals surface area contributed by atoms with Crippen LogP contribution in [0.25, 0.3) is 32.7 Å². The molecular weight excluding hydrogens is 859 g/mol. The van der Waals surface area contributed by atoms with Crippen LogP contribution in [-0.4, -0.2) is 65.2 Å². The molecule has 0 bridgehead atoms. The number of carbonyl (C=O) groups is 1. The minimum atomic E-state index is -5.10. The highest BCUT2D eigenvalue weighted by atomic mass is 32.2. The minimum Gasteiger partial charge on any atom is -0.506 e. The van der Waals surface area contributed by atoms with Gasteiger partial charge in [0.1, 0.15) is 48.9 Å². The number of rotatable bonds is 10. The second-order valence-corrected chi connectivity index (χ2v) is 17.2. The SMILES string of the molecule is O=C(Nc1ccc2c(O)c(N=Nc3ccc(-c4ccc(N=Nc5c(S(=O)(=O)O)cc6cccc(S(=O)(=O)O)c6c5O)c(O)c4)cc3O)c(S(=O)(=O)O)cc2c1)c1ccccc1. The maximum absolute atomic E-state index is 12.6. The third-order valence-electron chi connectivity index (χ3n) is 9.02. The van der Waals surface area contributed by atoms with E-state index in [1.54, 1.807) is 30.3 Å². The van der Waals surface area contributed by atoms with E-state index >= 15 is 0 Å². The van der Waals surface area contributed by atoms with Crippen molar-refractivity contribution in [2.45, 2.75) is 14.7 Å². The molecule has 1 amide bonds. The predicted octanol–water partition coefficient (Wildman–Crippen LogP) is 8.31. The number of amides is 1. The lowest BCUT2D eigenvalue weighted by molar-refractivity contribution is 0.102. The topological polar surface area (TPSA) is 323 Å². The molecule has 0 saturated carbocycles. The Hall–Kier alpha value is -7.34. The van der Waals surface area contributed by atoms with Gasteiger partial charge in [-0.15, -0.1) is 20.5 Å². The summed E-state index contributed by atoms with van der Waals surface area (Å²) in [5.41, 5.74) is -0.950. The first-order chi connectivity index (χ1) is 28.7. The van der Waals surface area contributed by atoms with Crippen LogP contribution in [0.3, 0.4) is 0 Å². The van der Waals surface area contributed by atoms with Crippen molar-refractivity contribution in [3.63, 3.8) is 0 Å². The maximum atomic E-state index is 12.6. The first kappa shape index (κ1) is 41.8. The van der Waals surface area contributed by atoms with Gasteiger partial charge in [0.15, 0.2) is 11.5 Å². The quantitative estimate of drug-likeness (QED) is 0.0473. The van der Waals surface area contributed by atoms with Gasteiger partial charge < -0.3 is 25.7 Å². The van der Waals surface area contributed by atoms with Crippen molar-refractivity contribution in [1.29, 1.82) is 0 Å². The van der Waals surface area contributed by atoms with E-state index in [4.69, 9.17) is 0 Å². The first-order valence-corrected chi connectivity index (χ1v) is 21.4. The van der Waals surface area contributed by atoms with Gasteiger partial charge in [0.25, 0.3) is 36.3 Å². The van der Waals surface area contributed by atoms with Crippen LogP contribution in [-0.2, 0) is 30.4 Å². The van der Waals surface area contributed by atoms with Crippen LogP contribution < -0.4 is 5.32 Å². The highest BCUT2D eigenvalue weighted by Gasteiger charge is 2.27. The van der Waals surface area contributed by atoms with Crippen molar-refractivity contribution in [3.8, 4) is 34.1 Å². The van der Waals surface area contributed by atoms with Gasteiger partial charge in [0.2, 0.25) is 0 Å². The Morgan fingerprint density at radius 1 is 0.492 bits per heavy atom. The molecule has 7 rings (SSSR count). The summed E-state index contributed by atoms with van der Waals surface area (Å²) >= 11 is 0. The summed E-state index contributed by atoms with van der Waals surface area (Å²) < 4.78 is 103. The Labute approximate surface area is 344 Å². The van der Waals surface area contributed by atoms with E-state index in [9.17, 15) is 64.1 Å². The summed E-state index contributed by atoms with van der Waals surface area (Å²) in [4.78, 5) is 10.0. The highest BCUT2D eigenvalue weighted by Crippen LogP contribution is 2.46. The Morgan fingerprint density at radius 3 is 1.54 bits per heavy atom. The number of nitrogens with one attached hydrogen (secondary N) is 1. The molecule has 310 valence electrons. The number of anilines is 1. The number of hydrogen-bond donors (Lipinski definition) is 8. The van der Waals surface area contributed by atoms with Gasteiger partial charge in [-0.3, -0.25) is 18.5 Å². The average molecular weight is 886 g/mol. The lowest BCUT2D eigenvalue weighted by atomic mass is 10.0. The van der Waals surface area contributed by atoms with Crippen LogP contribution >= 0.6 is 0 Å². The molecule has 0 spiro atoms. The smallest absolute Gasteiger partial charge is 0.296 e. The maximum Gasteiger partial charge on any atom is 0.296 e. The minimum absolute atomic E-state index is 0.0839. The molecule has 0 atom stereocenters. The lowest BCUT2D eigenvalue weighted by Gasteiger charge is -2.11. The molecule has 22 heteroatoms. The van der Waals surface area contributed by atoms with Crippen molar-refractivity contribution >= 4 is 86.2 Å². The van der Waals surface area contributed by atoms with Crippen LogP contribution in [0.1, 0.15) is 10.4 Å². The molecule has 0 saturated heterocycles. The molecule has 0 aliphatic rings. The van der Waals surface area contributed by atoms with E-state index in [1.165, 1.54) is 54.6 Å². The van der Waals surface area contributed by atoms with Crippen molar-refractivity contribution in [2.24, 2.45) is 20.5 Å². The van der Waals surface area contributed by atoms with Crippen LogP contribution in [0.5, 0.6) is 23.0 Å². The Morgan fingerprint density at radius 2 is 1.02 bits per heavy atom. The molecule has 19 nitrogen and oxygen atoms in total. The zero-order valence-electron chi connectivity index (χ0n) is 30.5. The number of aromatic hydroxyl groups is 4. The molecule has 8 N–H and O–H groups in total. The van der Waals surface area contributed by atoms with Gasteiger partial charge in [0, 0.05) is 22.0 Å². The molecule has 7 aromatic carbocycles. The second-order valence-electron chi connectivity index (χ2n) is 13.0. The van der Waals surface area contributed by atoms with E-state index in [2.05, 4.69) is 25.8 Å². The molecule has 0 heterocycles. The number of fused-ring (bicyclic) bond motifs is 2. The third kappa shape index (κ3) is 8.56. The zero-order valence-corrected chi connectivity index (χ0v) is 32.9. The van der Waals surface area contributed by atoms with E-state index in [1.807, 2.05) is 0 Å². The van der Waals surface area contributed by atoms with Crippen molar-refractivity contribution in [1.82, 2.24) is 0 Å². The molecule has 0 aliphatic carbocycles. The fourth-order valence-corrected chi connectivity index (χ4v) is 8.21. The van der Waals surface area contributed by atoms with Gasteiger partial charge in [-0.05, 0) is 94.7 Å². The monoisotopic (exact) mass is 885 g/mol. The zero-order chi connectivity index (χ0) is 44.0. The molecule has 61 heavy (non-hydrogen) atoms. The number of hydrogen-bond acceptors (Lipinski definition) is 15. The number of carbonyl (C=O) groups excluding carboxylic acids is 1. The predicted molar refractivity (Wildman–Crippen MR) is 219 cm³/mol. The summed E-state index contributed by atoms with van der Waals surface area (Å²) in [6, 6.07) is 25.2. The number of benzene rings is 7. The van der Waals surface area contributed by atoms with Crippen LogP contribution in [0.4, 0.5) is 28.4 Å². The van der Waals surface area contributed by atoms with E-state index in [0.29, 0.717) is 5.56 Å². The summed E-state index contributed by atoms with van der Waals surface area (Å²) in [6.07, 6.45) is 0. The fraction of sp³-hybridized carbons (Fsp3) is 0. The highest BCUT2D eigenvalue weighted by molar-refractivity contribution is 7.86. The molecule has 0 aromatic heterocycles. The van der Waals surface area contributed by atoms with Gasteiger partial charge in [-0.25, -0.2) is 0 Å². The summed E-state index contributed by atoms with van der Waals surface area (Å²) in [6.45, 7) is 0. The Balaban J connectivity index is 1.17. The van der Waals surface area contributed by atoms with E-state index < -0.39 is 90.7 Å². The van der Waals surface area contributed by atoms with Crippen molar-refractivity contribution < 1.29 is 64.1 Å².